The Kier molecular flexibility index (Phi) is 6.79. The van der Waals surface area contributed by atoms with E-state index in [2.05, 4.69) is 39.2 Å². The minimum atomic E-state index is 0.181. The van der Waals surface area contributed by atoms with Gasteiger partial charge >= 0.3 is 0 Å². The Morgan fingerprint density at radius 1 is 1.03 bits per heavy atom. The Balaban J connectivity index is 1.48. The largest absolute Gasteiger partial charge is 0.457 e. The number of anilines is 1. The van der Waals surface area contributed by atoms with Crippen LogP contribution in [0.15, 0.2) is 54.6 Å². The number of aromatic nitrogens is 4. The molecule has 0 spiro atoms. The van der Waals surface area contributed by atoms with Gasteiger partial charge in [0.05, 0.1) is 5.69 Å². The molecule has 0 radical (unpaired) electrons. The summed E-state index contributed by atoms with van der Waals surface area (Å²) in [5.74, 6) is 2.88. The Labute approximate surface area is 183 Å². The van der Waals surface area contributed by atoms with Gasteiger partial charge in [-0.2, -0.15) is 4.68 Å². The first-order valence-electron chi connectivity index (χ1n) is 10.9. The number of nitrogens with zero attached hydrogens (tertiary/aromatic N) is 6. The minimum absolute atomic E-state index is 0.181. The zero-order chi connectivity index (χ0) is 21.6. The summed E-state index contributed by atoms with van der Waals surface area (Å²) in [4.78, 5) is 4.69. The molecule has 0 aliphatic carbocycles. The topological polar surface area (TPSA) is 79.5 Å². The lowest BCUT2D eigenvalue weighted by atomic mass is 10.1. The lowest BCUT2D eigenvalue weighted by Gasteiger charge is -2.42. The predicted molar refractivity (Wildman–Crippen MR) is 120 cm³/mol. The molecule has 3 aromatic rings. The Bertz CT molecular complexity index is 944. The monoisotopic (exact) mass is 422 g/mol. The van der Waals surface area contributed by atoms with Crippen LogP contribution in [0.5, 0.6) is 11.5 Å². The molecular weight excluding hydrogens is 392 g/mol. The maximum atomic E-state index is 9.55. The number of para-hydroxylation sites is 1. The highest BCUT2D eigenvalue weighted by Gasteiger charge is 2.29. The summed E-state index contributed by atoms with van der Waals surface area (Å²) < 4.78 is 7.65. The number of aliphatic hydroxyl groups excluding tert-OH is 1. The van der Waals surface area contributed by atoms with Gasteiger partial charge < -0.3 is 14.7 Å². The van der Waals surface area contributed by atoms with Crippen molar-refractivity contribution < 1.29 is 9.84 Å². The second-order valence-electron chi connectivity index (χ2n) is 8.30. The summed E-state index contributed by atoms with van der Waals surface area (Å²) in [6.45, 7) is 8.25. The van der Waals surface area contributed by atoms with Crippen LogP contribution in [0.3, 0.4) is 0 Å². The van der Waals surface area contributed by atoms with Crippen LogP contribution >= 0.6 is 0 Å². The third kappa shape index (κ3) is 5.21. The molecule has 1 saturated heterocycles. The number of hydrogen-bond acceptors (Lipinski definition) is 7. The Morgan fingerprint density at radius 2 is 1.77 bits per heavy atom. The van der Waals surface area contributed by atoms with Gasteiger partial charge in [0.25, 0.3) is 0 Å². The molecule has 0 amide bonds. The van der Waals surface area contributed by atoms with E-state index in [1.807, 2.05) is 54.6 Å². The van der Waals surface area contributed by atoms with Crippen LogP contribution in [0.2, 0.25) is 0 Å². The molecule has 164 valence electrons. The molecule has 31 heavy (non-hydrogen) atoms. The highest BCUT2D eigenvalue weighted by Crippen LogP contribution is 2.25. The van der Waals surface area contributed by atoms with E-state index in [9.17, 15) is 5.11 Å². The van der Waals surface area contributed by atoms with E-state index < -0.39 is 0 Å². The maximum Gasteiger partial charge on any atom is 0.250 e. The van der Waals surface area contributed by atoms with Gasteiger partial charge in [-0.25, -0.2) is 0 Å². The fraction of sp³-hybridized carbons (Fsp3) is 0.435. The van der Waals surface area contributed by atoms with E-state index in [-0.39, 0.29) is 12.6 Å². The number of tetrazole rings is 1. The number of ether oxygens (including phenoxy) is 1. The first-order chi connectivity index (χ1) is 15.1. The van der Waals surface area contributed by atoms with Crippen molar-refractivity contribution in [3.05, 3.63) is 54.6 Å². The molecule has 1 fully saturated rings. The van der Waals surface area contributed by atoms with Gasteiger partial charge in [0.1, 0.15) is 11.5 Å². The van der Waals surface area contributed by atoms with E-state index in [0.29, 0.717) is 5.92 Å². The molecule has 0 bridgehead atoms. The van der Waals surface area contributed by atoms with Crippen LogP contribution in [0.25, 0.3) is 5.69 Å². The number of piperazine rings is 1. The van der Waals surface area contributed by atoms with Crippen molar-refractivity contribution in [2.24, 2.45) is 5.92 Å². The van der Waals surface area contributed by atoms with Crippen molar-refractivity contribution in [1.82, 2.24) is 25.1 Å². The van der Waals surface area contributed by atoms with Crippen LogP contribution in [0.4, 0.5) is 5.95 Å². The van der Waals surface area contributed by atoms with Crippen LogP contribution < -0.4 is 9.64 Å². The maximum absolute atomic E-state index is 9.55. The molecule has 1 aromatic heterocycles. The van der Waals surface area contributed by atoms with Gasteiger partial charge in [-0.15, -0.1) is 0 Å². The predicted octanol–water partition coefficient (Wildman–Crippen LogP) is 2.98. The van der Waals surface area contributed by atoms with Crippen molar-refractivity contribution in [2.45, 2.75) is 26.3 Å². The lowest BCUT2D eigenvalue weighted by Crippen LogP contribution is -2.55. The van der Waals surface area contributed by atoms with Crippen LogP contribution in [-0.2, 0) is 0 Å². The molecule has 4 rings (SSSR count). The highest BCUT2D eigenvalue weighted by atomic mass is 16.5. The average molecular weight is 423 g/mol. The summed E-state index contributed by atoms with van der Waals surface area (Å²) in [7, 11) is 0. The number of benzene rings is 2. The average Bonchev–Trinajstić information content (AvgIpc) is 3.26. The summed E-state index contributed by atoms with van der Waals surface area (Å²) >= 11 is 0. The Morgan fingerprint density at radius 3 is 2.48 bits per heavy atom. The van der Waals surface area contributed by atoms with E-state index in [1.165, 1.54) is 0 Å². The van der Waals surface area contributed by atoms with Gasteiger partial charge in [0.2, 0.25) is 5.95 Å². The van der Waals surface area contributed by atoms with Crippen molar-refractivity contribution in [3.63, 3.8) is 0 Å². The number of rotatable bonds is 8. The van der Waals surface area contributed by atoms with E-state index in [1.54, 1.807) is 4.68 Å². The first-order valence-corrected chi connectivity index (χ1v) is 10.9. The number of aliphatic hydroxyl groups is 1. The number of hydrogen-bond donors (Lipinski definition) is 1. The Hall–Kier alpha value is -2.97. The summed E-state index contributed by atoms with van der Waals surface area (Å²) in [5.41, 5.74) is 0.878. The molecule has 0 saturated carbocycles. The molecular formula is C23H30N6O2. The third-order valence-electron chi connectivity index (χ3n) is 5.46. The highest BCUT2D eigenvalue weighted by molar-refractivity contribution is 5.44. The van der Waals surface area contributed by atoms with E-state index in [0.717, 1.165) is 55.7 Å². The summed E-state index contributed by atoms with van der Waals surface area (Å²) in [6, 6.07) is 17.7. The second-order valence-corrected chi connectivity index (χ2v) is 8.30. The van der Waals surface area contributed by atoms with Gasteiger partial charge in [-0.05, 0) is 59.2 Å². The SMILES string of the molecule is CC(C)CN1CCN(c2nnnn2-c2ccc(Oc3ccccc3)cc2)CC1CCO. The van der Waals surface area contributed by atoms with Crippen LogP contribution in [0.1, 0.15) is 20.3 Å². The molecule has 8 nitrogen and oxygen atoms in total. The zero-order valence-electron chi connectivity index (χ0n) is 18.1. The fourth-order valence-corrected chi connectivity index (χ4v) is 4.03. The van der Waals surface area contributed by atoms with Crippen molar-refractivity contribution >= 4 is 5.95 Å². The van der Waals surface area contributed by atoms with Crippen LogP contribution in [-0.4, -0.2) is 69.0 Å². The zero-order valence-corrected chi connectivity index (χ0v) is 18.1. The van der Waals surface area contributed by atoms with Crippen molar-refractivity contribution in [3.8, 4) is 17.2 Å². The van der Waals surface area contributed by atoms with Crippen molar-refractivity contribution in [2.75, 3.05) is 37.7 Å². The molecule has 8 heteroatoms. The molecule has 2 aromatic carbocycles. The minimum Gasteiger partial charge on any atom is -0.457 e. The van der Waals surface area contributed by atoms with E-state index >= 15 is 0 Å². The lowest BCUT2D eigenvalue weighted by molar-refractivity contribution is 0.128. The normalized spacial score (nSPS) is 17.3. The molecule has 1 atom stereocenters. The quantitative estimate of drug-likeness (QED) is 0.598. The molecule has 1 aliphatic rings. The van der Waals surface area contributed by atoms with Gasteiger partial charge in [0.15, 0.2) is 0 Å². The third-order valence-corrected chi connectivity index (χ3v) is 5.46. The molecule has 2 heterocycles. The molecule has 1 unspecified atom stereocenters. The fourth-order valence-electron chi connectivity index (χ4n) is 4.03. The van der Waals surface area contributed by atoms with Gasteiger partial charge in [-0.3, -0.25) is 4.90 Å². The van der Waals surface area contributed by atoms with Gasteiger partial charge in [0, 0.05) is 38.8 Å². The van der Waals surface area contributed by atoms with Crippen LogP contribution in [0, 0.1) is 5.92 Å². The van der Waals surface area contributed by atoms with Crippen molar-refractivity contribution in [1.29, 1.82) is 0 Å². The standard InChI is InChI=1S/C23H30N6O2/c1-18(2)16-27-13-14-28(17-20(27)12-15-30)23-24-25-26-29(23)19-8-10-22(11-9-19)31-21-6-4-3-5-7-21/h3-11,18,20,30H,12-17H2,1-2H3. The first kappa shape index (κ1) is 21.3. The second kappa shape index (κ2) is 9.89. The van der Waals surface area contributed by atoms with Gasteiger partial charge in [-0.1, -0.05) is 37.1 Å². The molecule has 1 aliphatic heterocycles. The van der Waals surface area contributed by atoms with E-state index in [4.69, 9.17) is 4.74 Å². The molecule has 1 N–H and O–H groups in total. The summed E-state index contributed by atoms with van der Waals surface area (Å²) in [6.07, 6.45) is 0.746. The smallest absolute Gasteiger partial charge is 0.250 e. The summed E-state index contributed by atoms with van der Waals surface area (Å²) in [5, 5.41) is 22.0.